The Bertz CT molecular complexity index is 890. The summed E-state index contributed by atoms with van der Waals surface area (Å²) in [5, 5.41) is 1.91. The van der Waals surface area contributed by atoms with Crippen LogP contribution in [0.3, 0.4) is 0 Å². The number of hydrogen-bond acceptors (Lipinski definition) is 2. The summed E-state index contributed by atoms with van der Waals surface area (Å²) in [6, 6.07) is 19.8. The summed E-state index contributed by atoms with van der Waals surface area (Å²) in [4.78, 5) is 0.254. The molecule has 0 aliphatic carbocycles. The van der Waals surface area contributed by atoms with E-state index in [1.165, 1.54) is 0 Å². The molecule has 3 aromatic rings. The molecule has 106 valence electrons. The summed E-state index contributed by atoms with van der Waals surface area (Å²) in [6.07, 6.45) is 0. The average molecular weight is 362 g/mol. The maximum absolute atomic E-state index is 12.4. The minimum absolute atomic E-state index is 0.254. The minimum atomic E-state index is -3.58. The van der Waals surface area contributed by atoms with Crippen molar-refractivity contribution in [1.82, 2.24) is 0 Å². The summed E-state index contributed by atoms with van der Waals surface area (Å²) >= 11 is 3.32. The highest BCUT2D eigenvalue weighted by Gasteiger charge is 2.14. The van der Waals surface area contributed by atoms with Crippen LogP contribution in [0.4, 0.5) is 5.69 Å². The Hall–Kier alpha value is -1.85. The van der Waals surface area contributed by atoms with Gasteiger partial charge in [0, 0.05) is 10.2 Å². The Labute approximate surface area is 131 Å². The first kappa shape index (κ1) is 14.1. The molecule has 0 aliphatic rings. The van der Waals surface area contributed by atoms with Gasteiger partial charge in [0.15, 0.2) is 0 Å². The first-order chi connectivity index (χ1) is 10.0. The van der Waals surface area contributed by atoms with Crippen LogP contribution >= 0.6 is 15.9 Å². The lowest BCUT2D eigenvalue weighted by Crippen LogP contribution is -2.12. The van der Waals surface area contributed by atoms with Gasteiger partial charge in [-0.15, -0.1) is 0 Å². The molecule has 0 radical (unpaired) electrons. The van der Waals surface area contributed by atoms with E-state index in [0.29, 0.717) is 5.69 Å². The monoisotopic (exact) mass is 361 g/mol. The maximum atomic E-state index is 12.4. The number of nitrogens with one attached hydrogen (secondary N) is 1. The lowest BCUT2D eigenvalue weighted by molar-refractivity contribution is 0.601. The Morgan fingerprint density at radius 3 is 2.19 bits per heavy atom. The number of hydrogen-bond donors (Lipinski definition) is 1. The molecule has 0 saturated carbocycles. The summed E-state index contributed by atoms with van der Waals surface area (Å²) in [5.74, 6) is 0. The van der Waals surface area contributed by atoms with Crippen molar-refractivity contribution in [3.63, 3.8) is 0 Å². The quantitative estimate of drug-likeness (QED) is 0.751. The molecule has 3 rings (SSSR count). The molecule has 3 aromatic carbocycles. The molecule has 0 saturated heterocycles. The van der Waals surface area contributed by atoms with Crippen LogP contribution in [0.25, 0.3) is 10.8 Å². The number of anilines is 1. The van der Waals surface area contributed by atoms with Crippen LogP contribution in [0.5, 0.6) is 0 Å². The summed E-state index contributed by atoms with van der Waals surface area (Å²) in [5.41, 5.74) is 0.534. The van der Waals surface area contributed by atoms with Gasteiger partial charge in [0.2, 0.25) is 0 Å². The highest BCUT2D eigenvalue weighted by molar-refractivity contribution is 9.10. The zero-order valence-corrected chi connectivity index (χ0v) is 13.4. The van der Waals surface area contributed by atoms with E-state index in [4.69, 9.17) is 0 Å². The Morgan fingerprint density at radius 2 is 1.48 bits per heavy atom. The second kappa shape index (κ2) is 5.50. The molecule has 3 nitrogen and oxygen atoms in total. The smallest absolute Gasteiger partial charge is 0.261 e. The third kappa shape index (κ3) is 3.09. The van der Waals surface area contributed by atoms with Gasteiger partial charge in [0.1, 0.15) is 0 Å². The molecular weight excluding hydrogens is 350 g/mol. The standard InChI is InChI=1S/C16H12BrNO2S/c17-14-6-8-15(9-7-14)18-21(19,20)16-10-5-12-3-1-2-4-13(12)11-16/h1-11,18H. The molecule has 0 fully saturated rings. The van der Waals surface area contributed by atoms with Gasteiger partial charge in [-0.05, 0) is 47.2 Å². The summed E-state index contributed by atoms with van der Waals surface area (Å²) < 4.78 is 28.3. The Kier molecular flexibility index (Phi) is 3.69. The van der Waals surface area contributed by atoms with E-state index in [2.05, 4.69) is 20.7 Å². The average Bonchev–Trinajstić information content (AvgIpc) is 2.49. The van der Waals surface area contributed by atoms with Crippen LogP contribution in [0.2, 0.25) is 0 Å². The zero-order chi connectivity index (χ0) is 14.9. The molecule has 1 N–H and O–H groups in total. The predicted molar refractivity (Wildman–Crippen MR) is 88.9 cm³/mol. The van der Waals surface area contributed by atoms with Crippen molar-refractivity contribution in [3.05, 3.63) is 71.2 Å². The van der Waals surface area contributed by atoms with E-state index in [1.807, 2.05) is 30.3 Å². The second-order valence-electron chi connectivity index (χ2n) is 4.62. The van der Waals surface area contributed by atoms with Crippen LogP contribution in [-0.2, 0) is 10.0 Å². The fraction of sp³-hybridized carbons (Fsp3) is 0. The van der Waals surface area contributed by atoms with E-state index >= 15 is 0 Å². The molecule has 0 spiro atoms. The highest BCUT2D eigenvalue weighted by atomic mass is 79.9. The lowest BCUT2D eigenvalue weighted by Gasteiger charge is -2.09. The Balaban J connectivity index is 1.97. The van der Waals surface area contributed by atoms with Gasteiger partial charge >= 0.3 is 0 Å². The van der Waals surface area contributed by atoms with Crippen LogP contribution in [0, 0.1) is 0 Å². The van der Waals surface area contributed by atoms with E-state index in [-0.39, 0.29) is 4.90 Å². The number of fused-ring (bicyclic) bond motifs is 1. The van der Waals surface area contributed by atoms with E-state index in [1.54, 1.807) is 36.4 Å². The molecular formula is C16H12BrNO2S. The van der Waals surface area contributed by atoms with Crippen molar-refractivity contribution in [2.75, 3.05) is 4.72 Å². The Morgan fingerprint density at radius 1 is 0.810 bits per heavy atom. The number of benzene rings is 3. The molecule has 21 heavy (non-hydrogen) atoms. The van der Waals surface area contributed by atoms with Gasteiger partial charge in [-0.3, -0.25) is 4.72 Å². The van der Waals surface area contributed by atoms with Crippen molar-refractivity contribution in [3.8, 4) is 0 Å². The van der Waals surface area contributed by atoms with Crippen LogP contribution in [-0.4, -0.2) is 8.42 Å². The van der Waals surface area contributed by atoms with Gasteiger partial charge in [-0.1, -0.05) is 46.3 Å². The first-order valence-electron chi connectivity index (χ1n) is 6.32. The van der Waals surface area contributed by atoms with Gasteiger partial charge < -0.3 is 0 Å². The van der Waals surface area contributed by atoms with Gasteiger partial charge in [-0.2, -0.15) is 0 Å². The van der Waals surface area contributed by atoms with E-state index in [0.717, 1.165) is 15.2 Å². The first-order valence-corrected chi connectivity index (χ1v) is 8.59. The minimum Gasteiger partial charge on any atom is -0.280 e. The van der Waals surface area contributed by atoms with E-state index in [9.17, 15) is 8.42 Å². The topological polar surface area (TPSA) is 46.2 Å². The largest absolute Gasteiger partial charge is 0.280 e. The van der Waals surface area contributed by atoms with Crippen molar-refractivity contribution >= 4 is 42.4 Å². The summed E-state index contributed by atoms with van der Waals surface area (Å²) in [6.45, 7) is 0. The normalized spacial score (nSPS) is 11.5. The molecule has 0 bridgehead atoms. The third-order valence-electron chi connectivity index (χ3n) is 3.13. The van der Waals surface area contributed by atoms with Gasteiger partial charge in [0.05, 0.1) is 4.90 Å². The fourth-order valence-electron chi connectivity index (χ4n) is 2.07. The highest BCUT2D eigenvalue weighted by Crippen LogP contribution is 2.22. The molecule has 5 heteroatoms. The SMILES string of the molecule is O=S(=O)(Nc1ccc(Br)cc1)c1ccc2ccccc2c1. The van der Waals surface area contributed by atoms with Crippen LogP contribution in [0.1, 0.15) is 0 Å². The second-order valence-corrected chi connectivity index (χ2v) is 7.22. The molecule has 0 heterocycles. The third-order valence-corrected chi connectivity index (χ3v) is 5.04. The molecule has 0 aromatic heterocycles. The van der Waals surface area contributed by atoms with Crippen molar-refractivity contribution in [2.45, 2.75) is 4.90 Å². The number of halogens is 1. The van der Waals surface area contributed by atoms with Gasteiger partial charge in [0.25, 0.3) is 10.0 Å². The van der Waals surface area contributed by atoms with Crippen molar-refractivity contribution < 1.29 is 8.42 Å². The molecule has 0 atom stereocenters. The zero-order valence-electron chi connectivity index (χ0n) is 11.0. The predicted octanol–water partition coefficient (Wildman–Crippen LogP) is 4.40. The van der Waals surface area contributed by atoms with Gasteiger partial charge in [-0.25, -0.2) is 8.42 Å². The van der Waals surface area contributed by atoms with Crippen molar-refractivity contribution in [1.29, 1.82) is 0 Å². The van der Waals surface area contributed by atoms with Crippen LogP contribution < -0.4 is 4.72 Å². The molecule has 0 aliphatic heterocycles. The van der Waals surface area contributed by atoms with Crippen LogP contribution in [0.15, 0.2) is 76.1 Å². The van der Waals surface area contributed by atoms with E-state index < -0.39 is 10.0 Å². The number of rotatable bonds is 3. The molecule has 0 unspecified atom stereocenters. The summed E-state index contributed by atoms with van der Waals surface area (Å²) in [7, 11) is -3.58. The lowest BCUT2D eigenvalue weighted by atomic mass is 10.1. The number of sulfonamides is 1. The van der Waals surface area contributed by atoms with Crippen molar-refractivity contribution in [2.24, 2.45) is 0 Å². The fourth-order valence-corrected chi connectivity index (χ4v) is 3.42. The maximum Gasteiger partial charge on any atom is 0.261 e. The molecule has 0 amide bonds.